The number of Topliss-reactive ketones (excluding diaryl/α,β-unsaturated/α-hetero) is 1. The number of ether oxygens (including phenoxy) is 4. The van der Waals surface area contributed by atoms with E-state index in [9.17, 15) is 4.79 Å². The summed E-state index contributed by atoms with van der Waals surface area (Å²) in [5.74, 6) is 1.40. The second-order valence-corrected chi connectivity index (χ2v) is 4.81. The van der Waals surface area contributed by atoms with Gasteiger partial charge in [0.15, 0.2) is 17.3 Å². The predicted octanol–water partition coefficient (Wildman–Crippen LogP) is 3.15. The molecule has 0 saturated carbocycles. The van der Waals surface area contributed by atoms with Gasteiger partial charge in [0.05, 0.1) is 34.0 Å². The van der Waals surface area contributed by atoms with Crippen molar-refractivity contribution in [3.8, 4) is 23.0 Å². The maximum Gasteiger partial charge on any atom is 0.208 e. The Kier molecular flexibility index (Phi) is 5.46. The highest BCUT2D eigenvalue weighted by Crippen LogP contribution is 2.46. The molecule has 5 nitrogen and oxygen atoms in total. The van der Waals surface area contributed by atoms with Gasteiger partial charge in [0, 0.05) is 6.42 Å². The largest absolute Gasteiger partial charge is 0.493 e. The summed E-state index contributed by atoms with van der Waals surface area (Å²) in [7, 11) is 5.99. The molecule has 5 heteroatoms. The maximum absolute atomic E-state index is 12.7. The van der Waals surface area contributed by atoms with Gasteiger partial charge < -0.3 is 18.9 Å². The average molecular weight is 316 g/mol. The summed E-state index contributed by atoms with van der Waals surface area (Å²) < 4.78 is 21.4. The van der Waals surface area contributed by atoms with Crippen LogP contribution in [0.15, 0.2) is 36.4 Å². The van der Waals surface area contributed by atoms with E-state index in [1.807, 2.05) is 30.3 Å². The Labute approximate surface area is 135 Å². The molecule has 0 unspecified atom stereocenters. The summed E-state index contributed by atoms with van der Waals surface area (Å²) in [5, 5.41) is 0. The van der Waals surface area contributed by atoms with Gasteiger partial charge in [-0.15, -0.1) is 0 Å². The Hall–Kier alpha value is -2.69. The van der Waals surface area contributed by atoms with Crippen LogP contribution < -0.4 is 18.9 Å². The first-order valence-electron chi connectivity index (χ1n) is 7.10. The minimum Gasteiger partial charge on any atom is -0.493 e. The molecule has 0 bridgehead atoms. The molecule has 0 aliphatic carbocycles. The van der Waals surface area contributed by atoms with Gasteiger partial charge in [-0.1, -0.05) is 30.3 Å². The van der Waals surface area contributed by atoms with E-state index in [-0.39, 0.29) is 12.2 Å². The fourth-order valence-corrected chi connectivity index (χ4v) is 2.42. The second kappa shape index (κ2) is 7.54. The molecule has 0 amide bonds. The van der Waals surface area contributed by atoms with E-state index >= 15 is 0 Å². The first-order valence-corrected chi connectivity index (χ1v) is 7.10. The molecule has 0 heterocycles. The lowest BCUT2D eigenvalue weighted by molar-refractivity contribution is 0.0989. The van der Waals surface area contributed by atoms with Crippen LogP contribution in [0, 0.1) is 0 Å². The van der Waals surface area contributed by atoms with Gasteiger partial charge in [-0.3, -0.25) is 4.79 Å². The quantitative estimate of drug-likeness (QED) is 0.735. The summed E-state index contributed by atoms with van der Waals surface area (Å²) >= 11 is 0. The number of rotatable bonds is 7. The Bertz CT molecular complexity index is 680. The van der Waals surface area contributed by atoms with Crippen LogP contribution in [0.25, 0.3) is 0 Å². The van der Waals surface area contributed by atoms with Gasteiger partial charge in [0.25, 0.3) is 0 Å². The normalized spacial score (nSPS) is 10.1. The van der Waals surface area contributed by atoms with Crippen LogP contribution in [0.4, 0.5) is 0 Å². The highest BCUT2D eigenvalue weighted by atomic mass is 16.5. The summed E-state index contributed by atoms with van der Waals surface area (Å²) in [6, 6.07) is 11.1. The molecule has 0 N–H and O–H groups in total. The molecule has 0 aromatic heterocycles. The Morgan fingerprint density at radius 3 is 1.96 bits per heavy atom. The molecule has 0 fully saturated rings. The molecule has 0 spiro atoms. The number of benzene rings is 2. The van der Waals surface area contributed by atoms with Gasteiger partial charge in [-0.25, -0.2) is 0 Å². The lowest BCUT2D eigenvalue weighted by Crippen LogP contribution is -2.08. The van der Waals surface area contributed by atoms with E-state index in [2.05, 4.69) is 0 Å². The zero-order valence-electron chi connectivity index (χ0n) is 13.7. The summed E-state index contributed by atoms with van der Waals surface area (Å²) in [5.41, 5.74) is 1.32. The zero-order valence-corrected chi connectivity index (χ0v) is 13.7. The van der Waals surface area contributed by atoms with Crippen molar-refractivity contribution < 1.29 is 23.7 Å². The zero-order chi connectivity index (χ0) is 16.8. The molecule has 2 aromatic carbocycles. The number of ketones is 1. The summed E-state index contributed by atoms with van der Waals surface area (Å²) in [6.07, 6.45) is 0.260. The third-order valence-electron chi connectivity index (χ3n) is 3.50. The van der Waals surface area contributed by atoms with Crippen LogP contribution >= 0.6 is 0 Å². The predicted molar refractivity (Wildman–Crippen MR) is 87.1 cm³/mol. The Morgan fingerprint density at radius 1 is 0.826 bits per heavy atom. The molecule has 0 aliphatic rings. The Balaban J connectivity index is 2.50. The number of hydrogen-bond acceptors (Lipinski definition) is 5. The molecule has 0 saturated heterocycles. The average Bonchev–Trinajstić information content (AvgIpc) is 2.60. The van der Waals surface area contributed by atoms with Crippen LogP contribution in [-0.2, 0) is 6.42 Å². The maximum atomic E-state index is 12.7. The van der Waals surface area contributed by atoms with Crippen molar-refractivity contribution in [2.75, 3.05) is 28.4 Å². The molecule has 0 atom stereocenters. The van der Waals surface area contributed by atoms with E-state index in [4.69, 9.17) is 18.9 Å². The topological polar surface area (TPSA) is 54.0 Å². The van der Waals surface area contributed by atoms with E-state index in [0.717, 1.165) is 5.56 Å². The van der Waals surface area contributed by atoms with Crippen LogP contribution in [-0.4, -0.2) is 34.2 Å². The van der Waals surface area contributed by atoms with Crippen molar-refractivity contribution in [3.63, 3.8) is 0 Å². The third kappa shape index (κ3) is 3.39. The number of methoxy groups -OCH3 is 4. The van der Waals surface area contributed by atoms with Gasteiger partial charge in [-0.05, 0) is 11.6 Å². The van der Waals surface area contributed by atoms with Gasteiger partial charge in [-0.2, -0.15) is 0 Å². The van der Waals surface area contributed by atoms with Gasteiger partial charge in [0.2, 0.25) is 11.5 Å². The van der Waals surface area contributed by atoms with Crippen molar-refractivity contribution in [2.24, 2.45) is 0 Å². The Morgan fingerprint density at radius 2 is 1.43 bits per heavy atom. The SMILES string of the molecule is COc1cc(C(=O)Cc2ccccc2)c(OC)c(OC)c1OC. The molecule has 0 aliphatic heterocycles. The van der Waals surface area contributed by atoms with Crippen molar-refractivity contribution >= 4 is 5.78 Å². The van der Waals surface area contributed by atoms with Gasteiger partial charge in [0.1, 0.15) is 0 Å². The first-order chi connectivity index (χ1) is 11.2. The number of carbonyl (C=O) groups excluding carboxylic acids is 1. The first kappa shape index (κ1) is 16.7. The van der Waals surface area contributed by atoms with Crippen LogP contribution in [0.2, 0.25) is 0 Å². The molecule has 23 heavy (non-hydrogen) atoms. The molecular weight excluding hydrogens is 296 g/mol. The lowest BCUT2D eigenvalue weighted by atomic mass is 10.0. The van der Waals surface area contributed by atoms with Crippen molar-refractivity contribution in [2.45, 2.75) is 6.42 Å². The molecule has 0 radical (unpaired) electrons. The molecule has 122 valence electrons. The molecule has 2 aromatic rings. The fraction of sp³-hybridized carbons (Fsp3) is 0.278. The van der Waals surface area contributed by atoms with Crippen molar-refractivity contribution in [1.82, 2.24) is 0 Å². The minimum atomic E-state index is -0.0905. The lowest BCUT2D eigenvalue weighted by Gasteiger charge is -2.18. The minimum absolute atomic E-state index is 0.0905. The number of carbonyl (C=O) groups is 1. The highest BCUT2D eigenvalue weighted by Gasteiger charge is 2.25. The fourth-order valence-electron chi connectivity index (χ4n) is 2.42. The second-order valence-electron chi connectivity index (χ2n) is 4.81. The van der Waals surface area contributed by atoms with Crippen LogP contribution in [0.5, 0.6) is 23.0 Å². The van der Waals surface area contributed by atoms with E-state index < -0.39 is 0 Å². The van der Waals surface area contributed by atoms with E-state index in [1.165, 1.54) is 28.4 Å². The van der Waals surface area contributed by atoms with Crippen LogP contribution in [0.1, 0.15) is 15.9 Å². The smallest absolute Gasteiger partial charge is 0.208 e. The standard InChI is InChI=1S/C18H20O5/c1-20-15-11-13(14(19)10-12-8-6-5-7-9-12)16(21-2)18(23-4)17(15)22-3/h5-9,11H,10H2,1-4H3. The van der Waals surface area contributed by atoms with Gasteiger partial charge >= 0.3 is 0 Å². The molecule has 2 rings (SSSR count). The third-order valence-corrected chi connectivity index (χ3v) is 3.50. The van der Waals surface area contributed by atoms with Crippen LogP contribution in [0.3, 0.4) is 0 Å². The summed E-state index contributed by atoms with van der Waals surface area (Å²) in [6.45, 7) is 0. The highest BCUT2D eigenvalue weighted by molar-refractivity contribution is 6.01. The molecular formula is C18H20O5. The monoisotopic (exact) mass is 316 g/mol. The summed E-state index contributed by atoms with van der Waals surface area (Å²) in [4.78, 5) is 12.7. The van der Waals surface area contributed by atoms with Crippen molar-refractivity contribution in [3.05, 3.63) is 47.5 Å². The number of hydrogen-bond donors (Lipinski definition) is 0. The van der Waals surface area contributed by atoms with Crippen molar-refractivity contribution in [1.29, 1.82) is 0 Å². The van der Waals surface area contributed by atoms with E-state index in [1.54, 1.807) is 6.07 Å². The van der Waals surface area contributed by atoms with E-state index in [0.29, 0.717) is 28.6 Å².